The van der Waals surface area contributed by atoms with Gasteiger partial charge in [0.1, 0.15) is 0 Å². The minimum absolute atomic E-state index is 0.192. The molecule has 0 bridgehead atoms. The van der Waals surface area contributed by atoms with Crippen LogP contribution in [0.1, 0.15) is 12.1 Å². The maximum Gasteiger partial charge on any atom is 0.279 e. The van der Waals surface area contributed by atoms with E-state index in [4.69, 9.17) is 9.47 Å². The second-order valence-electron chi connectivity index (χ2n) is 2.98. The molecular weight excluding hydrogens is 212 g/mol. The number of fused-ring (bicyclic) bond motifs is 1. The number of nitrogens with zero attached hydrogens (tertiary/aromatic N) is 3. The molecule has 0 amide bonds. The van der Waals surface area contributed by atoms with Gasteiger partial charge in [0, 0.05) is 26.6 Å². The first-order chi connectivity index (χ1) is 7.76. The van der Waals surface area contributed by atoms with Crippen LogP contribution in [0.25, 0.3) is 11.2 Å². The number of aromatic amines is 1. The first-order valence-electron chi connectivity index (χ1n) is 4.52. The average Bonchev–Trinajstić information content (AvgIpc) is 2.31. The van der Waals surface area contributed by atoms with Crippen molar-refractivity contribution in [1.82, 2.24) is 19.9 Å². The van der Waals surface area contributed by atoms with E-state index in [1.54, 1.807) is 0 Å². The summed E-state index contributed by atoms with van der Waals surface area (Å²) in [6.07, 6.45) is 2.18. The Morgan fingerprint density at radius 3 is 2.62 bits per heavy atom. The van der Waals surface area contributed by atoms with Gasteiger partial charge in [-0.3, -0.25) is 4.79 Å². The highest BCUT2D eigenvalue weighted by Gasteiger charge is 2.14. The lowest BCUT2D eigenvalue weighted by atomic mass is 10.4. The van der Waals surface area contributed by atoms with Crippen LogP contribution in [0, 0.1) is 0 Å². The number of rotatable bonds is 3. The van der Waals surface area contributed by atoms with Crippen molar-refractivity contribution >= 4 is 11.2 Å². The van der Waals surface area contributed by atoms with Crippen LogP contribution < -0.4 is 5.56 Å². The third-order valence-electron chi connectivity index (χ3n) is 2.01. The number of H-pyrrole nitrogens is 1. The zero-order chi connectivity index (χ0) is 11.5. The van der Waals surface area contributed by atoms with Crippen molar-refractivity contribution in [1.29, 1.82) is 0 Å². The molecule has 0 atom stereocenters. The van der Waals surface area contributed by atoms with E-state index in [1.807, 2.05) is 0 Å². The van der Waals surface area contributed by atoms with Crippen molar-refractivity contribution in [2.45, 2.75) is 6.29 Å². The van der Waals surface area contributed by atoms with E-state index >= 15 is 0 Å². The van der Waals surface area contributed by atoms with E-state index < -0.39 is 6.29 Å². The molecule has 2 heterocycles. The monoisotopic (exact) mass is 222 g/mol. The van der Waals surface area contributed by atoms with Crippen molar-refractivity contribution in [3.8, 4) is 0 Å². The molecule has 16 heavy (non-hydrogen) atoms. The van der Waals surface area contributed by atoms with Gasteiger partial charge in [0.05, 0.1) is 0 Å². The average molecular weight is 222 g/mol. The first-order valence-corrected chi connectivity index (χ1v) is 4.52. The third-order valence-corrected chi connectivity index (χ3v) is 2.01. The van der Waals surface area contributed by atoms with Crippen molar-refractivity contribution in [2.24, 2.45) is 0 Å². The molecule has 2 aromatic rings. The summed E-state index contributed by atoms with van der Waals surface area (Å²) in [6, 6.07) is 0. The van der Waals surface area contributed by atoms with Crippen LogP contribution in [-0.2, 0) is 9.47 Å². The van der Waals surface area contributed by atoms with Gasteiger partial charge in [-0.15, -0.1) is 0 Å². The molecule has 7 nitrogen and oxygen atoms in total. The summed E-state index contributed by atoms with van der Waals surface area (Å²) in [5, 5.41) is 0. The number of hydrogen-bond donors (Lipinski definition) is 1. The van der Waals surface area contributed by atoms with E-state index in [0.29, 0.717) is 0 Å². The Hall–Kier alpha value is -1.86. The summed E-state index contributed by atoms with van der Waals surface area (Å²) in [4.78, 5) is 26.1. The molecular formula is C9H10N4O3. The number of methoxy groups -OCH3 is 2. The highest BCUT2D eigenvalue weighted by atomic mass is 16.7. The van der Waals surface area contributed by atoms with Crippen LogP contribution >= 0.6 is 0 Å². The van der Waals surface area contributed by atoms with Crippen LogP contribution in [0.2, 0.25) is 0 Å². The van der Waals surface area contributed by atoms with E-state index in [2.05, 4.69) is 19.9 Å². The Bertz CT molecular complexity index is 550. The highest BCUT2D eigenvalue weighted by Crippen LogP contribution is 2.11. The van der Waals surface area contributed by atoms with Crippen molar-refractivity contribution in [3.63, 3.8) is 0 Å². The van der Waals surface area contributed by atoms with Crippen LogP contribution in [-0.4, -0.2) is 34.2 Å². The molecule has 0 aliphatic carbocycles. The van der Waals surface area contributed by atoms with Crippen molar-refractivity contribution in [2.75, 3.05) is 14.2 Å². The molecule has 0 aromatic carbocycles. The molecule has 0 saturated heterocycles. The molecule has 2 rings (SSSR count). The Morgan fingerprint density at radius 1 is 1.25 bits per heavy atom. The number of ether oxygens (including phenoxy) is 2. The second-order valence-corrected chi connectivity index (χ2v) is 2.98. The summed E-state index contributed by atoms with van der Waals surface area (Å²) >= 11 is 0. The fourth-order valence-corrected chi connectivity index (χ4v) is 1.32. The summed E-state index contributed by atoms with van der Waals surface area (Å²) in [6.45, 7) is 0. The molecule has 0 spiro atoms. The molecule has 0 fully saturated rings. The molecule has 7 heteroatoms. The molecule has 0 unspecified atom stereocenters. The summed E-state index contributed by atoms with van der Waals surface area (Å²) in [5.74, 6) is 0.267. The number of hydrogen-bond acceptors (Lipinski definition) is 6. The lowest BCUT2D eigenvalue weighted by molar-refractivity contribution is -0.111. The maximum atomic E-state index is 11.6. The minimum Gasteiger partial charge on any atom is -0.349 e. The van der Waals surface area contributed by atoms with Crippen molar-refractivity contribution in [3.05, 3.63) is 28.6 Å². The van der Waals surface area contributed by atoms with Gasteiger partial charge < -0.3 is 14.5 Å². The zero-order valence-corrected chi connectivity index (χ0v) is 8.80. The highest BCUT2D eigenvalue weighted by molar-refractivity contribution is 5.67. The van der Waals surface area contributed by atoms with Gasteiger partial charge in [-0.05, 0) is 0 Å². The summed E-state index contributed by atoms with van der Waals surface area (Å²) in [5.41, 5.74) is 0.0877. The predicted octanol–water partition coefficient (Wildman–Crippen LogP) is 0.00450. The fourth-order valence-electron chi connectivity index (χ4n) is 1.32. The number of nitrogens with one attached hydrogen (secondary N) is 1. The third kappa shape index (κ3) is 1.77. The Kier molecular flexibility index (Phi) is 2.88. The lowest BCUT2D eigenvalue weighted by Gasteiger charge is -2.11. The molecule has 0 radical (unpaired) electrons. The largest absolute Gasteiger partial charge is 0.349 e. The molecule has 0 aliphatic rings. The number of aromatic nitrogens is 4. The standard InChI is InChI=1S/C9H10N4O3/c1-15-9(16-2)7-12-6-5(8(14)13-7)10-3-4-11-6/h3-4,9H,1-2H3,(H,11,12,13,14). The van der Waals surface area contributed by atoms with Gasteiger partial charge in [0.2, 0.25) is 6.29 Å². The second kappa shape index (κ2) is 4.33. The molecule has 84 valence electrons. The van der Waals surface area contributed by atoms with E-state index in [1.165, 1.54) is 26.6 Å². The van der Waals surface area contributed by atoms with Crippen LogP contribution in [0.4, 0.5) is 0 Å². The normalized spacial score (nSPS) is 11.2. The summed E-state index contributed by atoms with van der Waals surface area (Å²) in [7, 11) is 2.91. The van der Waals surface area contributed by atoms with E-state index in [0.717, 1.165) is 0 Å². The molecule has 0 aliphatic heterocycles. The smallest absolute Gasteiger partial charge is 0.279 e. The predicted molar refractivity (Wildman–Crippen MR) is 54.7 cm³/mol. The molecule has 1 N–H and O–H groups in total. The van der Waals surface area contributed by atoms with E-state index in [9.17, 15) is 4.79 Å². The SMILES string of the molecule is COC(OC)c1nc2nccnc2c(=O)[nH]1. The Labute approximate surface area is 90.5 Å². The maximum absolute atomic E-state index is 11.6. The quantitative estimate of drug-likeness (QED) is 0.735. The van der Waals surface area contributed by atoms with Crippen LogP contribution in [0.5, 0.6) is 0 Å². The van der Waals surface area contributed by atoms with Gasteiger partial charge in [-0.25, -0.2) is 15.0 Å². The minimum atomic E-state index is -0.723. The van der Waals surface area contributed by atoms with Crippen molar-refractivity contribution < 1.29 is 9.47 Å². The zero-order valence-electron chi connectivity index (χ0n) is 8.80. The summed E-state index contributed by atoms with van der Waals surface area (Å²) < 4.78 is 9.97. The van der Waals surface area contributed by atoms with Gasteiger partial charge in [0.15, 0.2) is 17.0 Å². The van der Waals surface area contributed by atoms with E-state index in [-0.39, 0.29) is 22.5 Å². The van der Waals surface area contributed by atoms with Gasteiger partial charge in [0.25, 0.3) is 5.56 Å². The lowest BCUT2D eigenvalue weighted by Crippen LogP contribution is -2.18. The van der Waals surface area contributed by atoms with Gasteiger partial charge in [-0.2, -0.15) is 0 Å². The topological polar surface area (TPSA) is 90.0 Å². The van der Waals surface area contributed by atoms with Crippen LogP contribution in [0.15, 0.2) is 17.2 Å². The molecule has 2 aromatic heterocycles. The van der Waals surface area contributed by atoms with Crippen LogP contribution in [0.3, 0.4) is 0 Å². The van der Waals surface area contributed by atoms with Gasteiger partial charge in [-0.1, -0.05) is 0 Å². The first kappa shape index (κ1) is 10.7. The molecule has 0 saturated carbocycles. The Morgan fingerprint density at radius 2 is 1.94 bits per heavy atom. The van der Waals surface area contributed by atoms with Gasteiger partial charge >= 0.3 is 0 Å². The fraction of sp³-hybridized carbons (Fsp3) is 0.333. The Balaban J connectivity index is 2.62.